The number of aliphatic hydroxyl groups is 4. The molecule has 0 radical (unpaired) electrons. The third kappa shape index (κ3) is 35.2. The van der Waals surface area contributed by atoms with Crippen molar-refractivity contribution >= 4 is 5.97 Å². The van der Waals surface area contributed by atoms with Crippen molar-refractivity contribution in [3.05, 3.63) is 73.1 Å². The number of unbranched alkanes of at least 4 members (excludes halogenated alkanes) is 15. The molecule has 1 heterocycles. The van der Waals surface area contributed by atoms with Crippen molar-refractivity contribution in [2.75, 3.05) is 19.8 Å². The maximum Gasteiger partial charge on any atom is 0.306 e. The molecule has 0 bridgehead atoms. The minimum atomic E-state index is -1.07. The van der Waals surface area contributed by atoms with Crippen LogP contribution in [0.4, 0.5) is 0 Å². The summed E-state index contributed by atoms with van der Waals surface area (Å²) in [5, 5.41) is 38.2. The van der Waals surface area contributed by atoms with Crippen LogP contribution in [0.2, 0.25) is 0 Å². The number of rotatable bonds is 36. The normalized spacial score (nSPS) is 18.3. The van der Waals surface area contributed by atoms with Crippen molar-refractivity contribution < 1.29 is 39.4 Å². The molecule has 0 aromatic heterocycles. The quantitative estimate of drug-likeness (QED) is 0.0214. The van der Waals surface area contributed by atoms with Gasteiger partial charge in [0, 0.05) is 12.8 Å². The van der Waals surface area contributed by atoms with Gasteiger partial charge in [0.05, 0.1) is 19.0 Å². The van der Waals surface area contributed by atoms with E-state index >= 15 is 0 Å². The molecule has 8 nitrogen and oxygen atoms in total. The summed E-state index contributed by atoms with van der Waals surface area (Å²) in [6, 6.07) is 0. The molecule has 1 saturated heterocycles. The van der Waals surface area contributed by atoms with Gasteiger partial charge in [-0.2, -0.15) is 0 Å². The number of hydrogen-bond donors (Lipinski definition) is 4. The van der Waals surface area contributed by atoms with E-state index in [1.807, 2.05) is 6.92 Å². The topological polar surface area (TPSA) is 126 Å². The SMILES string of the molecule is C=C(CCCCCCC/C=C\CCCCCCCC)OCC(O)C1OCC(O)C1O.CCCCC/C=C/C/C=C/C/C=C\C/C=C\CCCC(=O)OC(CC)CO. The lowest BCUT2D eigenvalue weighted by Gasteiger charge is -2.21. The van der Waals surface area contributed by atoms with Crippen LogP contribution in [0.1, 0.15) is 181 Å². The Bertz CT molecular complexity index is 1060. The first-order chi connectivity index (χ1) is 27.8. The van der Waals surface area contributed by atoms with Gasteiger partial charge in [-0.25, -0.2) is 0 Å². The molecule has 0 amide bonds. The first-order valence-electron chi connectivity index (χ1n) is 22.8. The lowest BCUT2D eigenvalue weighted by Crippen LogP contribution is -2.40. The van der Waals surface area contributed by atoms with Gasteiger partial charge in [0.25, 0.3) is 0 Å². The van der Waals surface area contributed by atoms with Crippen molar-refractivity contribution in [2.45, 2.75) is 212 Å². The average molecular weight is 803 g/mol. The molecule has 5 unspecified atom stereocenters. The van der Waals surface area contributed by atoms with E-state index in [-0.39, 0.29) is 31.9 Å². The summed E-state index contributed by atoms with van der Waals surface area (Å²) >= 11 is 0. The standard InChI is InChI=1S/C25H46O5.C24H40O3/c1-3-4-5-6-7-8-9-10-11-12-13-14-15-16-17-18-21(2)29-20-23(27)25-24(28)22(26)19-30-25;1-3-5-6-7-8-9-10-11-12-13-14-15-16-17-18-19-20-21-24(26)27-23(4-2)22-25/h10-11,22-28H,2-9,12-20H2,1H3;8-9,11-12,14-15,17-18,23,25H,3-7,10,13,16,19-22H2,1-2H3/b11-10-;9-8+,12-11+,15-14-,18-17-. The highest BCUT2D eigenvalue weighted by Crippen LogP contribution is 2.19. The minimum absolute atomic E-state index is 0.0261. The van der Waals surface area contributed by atoms with Gasteiger partial charge in [0.15, 0.2) is 0 Å². The predicted octanol–water partition coefficient (Wildman–Crippen LogP) is 11.5. The van der Waals surface area contributed by atoms with Crippen molar-refractivity contribution in [3.63, 3.8) is 0 Å². The molecule has 1 aliphatic rings. The smallest absolute Gasteiger partial charge is 0.306 e. The van der Waals surface area contributed by atoms with E-state index in [0.717, 1.165) is 51.4 Å². The molecule has 0 saturated carbocycles. The fourth-order valence-corrected chi connectivity index (χ4v) is 6.15. The third-order valence-corrected chi connectivity index (χ3v) is 9.91. The number of esters is 1. The van der Waals surface area contributed by atoms with Crippen molar-refractivity contribution in [1.82, 2.24) is 0 Å². The van der Waals surface area contributed by atoms with Crippen molar-refractivity contribution in [2.24, 2.45) is 0 Å². The van der Waals surface area contributed by atoms with Crippen LogP contribution >= 0.6 is 0 Å². The van der Waals surface area contributed by atoms with E-state index in [1.54, 1.807) is 0 Å². The number of carbonyl (C=O) groups excluding carboxylic acids is 1. The van der Waals surface area contributed by atoms with Crippen LogP contribution in [0, 0.1) is 0 Å². The van der Waals surface area contributed by atoms with Crippen LogP contribution in [0.3, 0.4) is 0 Å². The first-order valence-corrected chi connectivity index (χ1v) is 22.8. The maximum atomic E-state index is 11.6. The Morgan fingerprint density at radius 2 is 1.12 bits per heavy atom. The first kappa shape index (κ1) is 54.5. The summed E-state index contributed by atoms with van der Waals surface area (Å²) in [6.07, 6.45) is 46.2. The number of aliphatic hydroxyl groups excluding tert-OH is 4. The van der Waals surface area contributed by atoms with Gasteiger partial charge in [-0.15, -0.1) is 0 Å². The summed E-state index contributed by atoms with van der Waals surface area (Å²) in [5.74, 6) is 0.437. The van der Waals surface area contributed by atoms with Gasteiger partial charge < -0.3 is 34.6 Å². The molecule has 1 aliphatic heterocycles. The second-order valence-corrected chi connectivity index (χ2v) is 15.3. The molecule has 1 fully saturated rings. The summed E-state index contributed by atoms with van der Waals surface area (Å²) < 4.78 is 15.8. The van der Waals surface area contributed by atoms with Gasteiger partial charge in [0.2, 0.25) is 0 Å². The van der Waals surface area contributed by atoms with E-state index in [0.29, 0.717) is 18.6 Å². The van der Waals surface area contributed by atoms with Crippen LogP contribution in [0.15, 0.2) is 73.1 Å². The molecule has 0 aromatic carbocycles. The van der Waals surface area contributed by atoms with E-state index in [9.17, 15) is 20.1 Å². The molecular weight excluding hydrogens is 717 g/mol. The molecule has 8 heteroatoms. The molecule has 57 heavy (non-hydrogen) atoms. The fourth-order valence-electron chi connectivity index (χ4n) is 6.15. The summed E-state index contributed by atoms with van der Waals surface area (Å²) in [5.41, 5.74) is 0. The highest BCUT2D eigenvalue weighted by atomic mass is 16.6. The summed E-state index contributed by atoms with van der Waals surface area (Å²) in [4.78, 5) is 11.6. The molecular formula is C49H86O8. The lowest BCUT2D eigenvalue weighted by molar-refractivity contribution is -0.151. The minimum Gasteiger partial charge on any atom is -0.496 e. The summed E-state index contributed by atoms with van der Waals surface area (Å²) in [7, 11) is 0. The molecule has 330 valence electrons. The van der Waals surface area contributed by atoms with Gasteiger partial charge in [-0.3, -0.25) is 4.79 Å². The van der Waals surface area contributed by atoms with Crippen LogP contribution in [0.5, 0.6) is 0 Å². The third-order valence-electron chi connectivity index (χ3n) is 9.91. The zero-order valence-corrected chi connectivity index (χ0v) is 36.6. The predicted molar refractivity (Wildman–Crippen MR) is 238 cm³/mol. The van der Waals surface area contributed by atoms with Gasteiger partial charge in [-0.1, -0.05) is 152 Å². The van der Waals surface area contributed by atoms with Crippen molar-refractivity contribution in [3.8, 4) is 0 Å². The molecule has 4 N–H and O–H groups in total. The molecule has 0 aliphatic carbocycles. The van der Waals surface area contributed by atoms with E-state index in [2.05, 4.69) is 81.2 Å². The van der Waals surface area contributed by atoms with E-state index in [1.165, 1.54) is 96.3 Å². The second-order valence-electron chi connectivity index (χ2n) is 15.3. The average Bonchev–Trinajstić information content (AvgIpc) is 3.55. The Morgan fingerprint density at radius 3 is 1.63 bits per heavy atom. The maximum absolute atomic E-state index is 11.6. The second kappa shape index (κ2) is 41.7. The number of ether oxygens (including phenoxy) is 3. The number of hydrogen-bond acceptors (Lipinski definition) is 8. The Kier molecular flexibility index (Phi) is 39.8. The highest BCUT2D eigenvalue weighted by Gasteiger charge is 2.39. The van der Waals surface area contributed by atoms with E-state index < -0.39 is 24.4 Å². The van der Waals surface area contributed by atoms with Gasteiger partial charge in [-0.05, 0) is 83.5 Å². The Morgan fingerprint density at radius 1 is 0.667 bits per heavy atom. The molecule has 5 atom stereocenters. The lowest BCUT2D eigenvalue weighted by atomic mass is 10.1. The Balaban J connectivity index is 0.00000111. The van der Waals surface area contributed by atoms with Crippen molar-refractivity contribution in [1.29, 1.82) is 0 Å². The highest BCUT2D eigenvalue weighted by molar-refractivity contribution is 5.69. The molecule has 1 rings (SSSR count). The number of carbonyl (C=O) groups is 1. The number of allylic oxidation sites excluding steroid dienone is 11. The van der Waals surface area contributed by atoms with Crippen LogP contribution in [-0.4, -0.2) is 76.7 Å². The molecule has 0 spiro atoms. The summed E-state index contributed by atoms with van der Waals surface area (Å²) in [6.45, 7) is 10.3. The van der Waals surface area contributed by atoms with Gasteiger partial charge in [0.1, 0.15) is 37.1 Å². The Hall–Kier alpha value is -2.49. The van der Waals surface area contributed by atoms with Crippen LogP contribution in [0.25, 0.3) is 0 Å². The fraction of sp³-hybridized carbons (Fsp3) is 0.735. The zero-order valence-electron chi connectivity index (χ0n) is 36.6. The molecule has 0 aromatic rings. The van der Waals surface area contributed by atoms with Gasteiger partial charge >= 0.3 is 5.97 Å². The Labute approximate surface area is 349 Å². The van der Waals surface area contributed by atoms with Crippen LogP contribution in [-0.2, 0) is 19.0 Å². The monoisotopic (exact) mass is 803 g/mol. The largest absolute Gasteiger partial charge is 0.496 e. The van der Waals surface area contributed by atoms with Crippen LogP contribution < -0.4 is 0 Å². The zero-order chi connectivity index (χ0) is 42.0. The van der Waals surface area contributed by atoms with E-state index in [4.69, 9.17) is 19.3 Å².